The van der Waals surface area contributed by atoms with E-state index in [0.717, 1.165) is 11.1 Å². The predicted molar refractivity (Wildman–Crippen MR) is 117 cm³/mol. The number of nitrogens with one attached hydrogen (secondary N) is 1. The van der Waals surface area contributed by atoms with Gasteiger partial charge < -0.3 is 15.5 Å². The molecule has 0 fully saturated rings. The number of phenolic OH excluding ortho intramolecular Hbond substituents is 1. The minimum atomic E-state index is -0.430. The zero-order valence-corrected chi connectivity index (χ0v) is 18.0. The number of hydrogen-bond donors (Lipinski definition) is 3. The van der Waals surface area contributed by atoms with Crippen LogP contribution in [-0.4, -0.2) is 33.6 Å². The molecular formula is C22H28N2O3S. The Balaban J connectivity index is 1.98. The summed E-state index contributed by atoms with van der Waals surface area (Å²) in [6.45, 7) is 12.3. The van der Waals surface area contributed by atoms with Crippen LogP contribution in [-0.2, 0) is 15.6 Å². The molecule has 6 heteroatoms. The number of anilines is 1. The molecule has 1 aromatic rings. The van der Waals surface area contributed by atoms with Gasteiger partial charge in [-0.15, -0.1) is 11.8 Å². The topological polar surface area (TPSA) is 81.9 Å². The number of fused-ring (bicyclic) bond motifs is 1. The number of rotatable bonds is 2. The molecule has 2 unspecified atom stereocenters. The molecule has 2 aliphatic rings. The van der Waals surface area contributed by atoms with Crippen LogP contribution in [0.1, 0.15) is 52.7 Å². The predicted octanol–water partition coefficient (Wildman–Crippen LogP) is 4.82. The van der Waals surface area contributed by atoms with E-state index < -0.39 is 5.91 Å². The van der Waals surface area contributed by atoms with Gasteiger partial charge in [-0.2, -0.15) is 0 Å². The number of aliphatic imine (C=N–C) groups is 1. The third kappa shape index (κ3) is 3.83. The van der Waals surface area contributed by atoms with Gasteiger partial charge >= 0.3 is 0 Å². The van der Waals surface area contributed by atoms with Gasteiger partial charge in [-0.25, -0.2) is 0 Å². The Morgan fingerprint density at radius 2 is 1.71 bits per heavy atom. The molecule has 0 spiro atoms. The lowest BCUT2D eigenvalue weighted by molar-refractivity contribution is -0.112. The maximum Gasteiger partial charge on any atom is 0.260 e. The third-order valence-corrected chi connectivity index (χ3v) is 6.09. The van der Waals surface area contributed by atoms with Crippen LogP contribution >= 0.6 is 11.8 Å². The number of amides is 1. The Bertz CT molecular complexity index is 902. The minimum Gasteiger partial charge on any atom is -0.510 e. The van der Waals surface area contributed by atoms with Gasteiger partial charge in [0, 0.05) is 18.0 Å². The monoisotopic (exact) mass is 400 g/mol. The van der Waals surface area contributed by atoms with Crippen LogP contribution in [0.2, 0.25) is 0 Å². The molecule has 2 aliphatic heterocycles. The van der Waals surface area contributed by atoms with Crippen LogP contribution in [0.5, 0.6) is 5.75 Å². The molecule has 0 aliphatic carbocycles. The van der Waals surface area contributed by atoms with E-state index in [1.54, 1.807) is 6.07 Å². The molecule has 2 heterocycles. The number of thioether (sulfide) groups is 1. The van der Waals surface area contributed by atoms with Gasteiger partial charge in [0.25, 0.3) is 5.91 Å². The number of hydrogen-bond acceptors (Lipinski definition) is 5. The number of phenols is 1. The van der Waals surface area contributed by atoms with Crippen molar-refractivity contribution >= 4 is 29.6 Å². The summed E-state index contributed by atoms with van der Waals surface area (Å²) < 4.78 is 0. The highest BCUT2D eigenvalue weighted by molar-refractivity contribution is 8.03. The summed E-state index contributed by atoms with van der Waals surface area (Å²) in [4.78, 5) is 17.3. The highest BCUT2D eigenvalue weighted by atomic mass is 32.2. The zero-order valence-electron chi connectivity index (χ0n) is 17.2. The second kappa shape index (κ2) is 6.99. The van der Waals surface area contributed by atoms with Crippen LogP contribution in [0.3, 0.4) is 0 Å². The average Bonchev–Trinajstić information content (AvgIpc) is 3.02. The molecule has 0 saturated carbocycles. The van der Waals surface area contributed by atoms with Gasteiger partial charge in [0.1, 0.15) is 11.5 Å². The fourth-order valence-electron chi connectivity index (χ4n) is 3.40. The van der Waals surface area contributed by atoms with E-state index in [4.69, 9.17) is 0 Å². The molecule has 0 bridgehead atoms. The summed E-state index contributed by atoms with van der Waals surface area (Å²) in [6, 6.07) is 3.44. The standard InChI is InChI=1S/C22H28N2O3S/c1-21(2,3)13-9-14(22(4,5)6)17(25)10-16(13)24-20(27)12-11-23-15-7-8-28-19(15)18(12)26/h7-11,15,19,25-26H,1-6H3,(H,24,27). The fourth-order valence-corrected chi connectivity index (χ4v) is 4.40. The molecular weight excluding hydrogens is 372 g/mol. The van der Waals surface area contributed by atoms with E-state index in [-0.39, 0.29) is 39.2 Å². The van der Waals surface area contributed by atoms with Crippen molar-refractivity contribution in [1.82, 2.24) is 0 Å². The summed E-state index contributed by atoms with van der Waals surface area (Å²) in [5.41, 5.74) is 1.97. The van der Waals surface area contributed by atoms with Crippen molar-refractivity contribution in [2.75, 3.05) is 5.32 Å². The SMILES string of the molecule is CC(C)(C)c1cc(C(C)(C)C)c(NC(=O)C2=C(O)C3SC=CC3N=C2)cc1O. The van der Waals surface area contributed by atoms with Gasteiger partial charge in [0.05, 0.1) is 16.9 Å². The first-order valence-electron chi connectivity index (χ1n) is 9.37. The molecule has 0 saturated heterocycles. The first kappa shape index (κ1) is 20.5. The smallest absolute Gasteiger partial charge is 0.260 e. The Morgan fingerprint density at radius 3 is 2.32 bits per heavy atom. The van der Waals surface area contributed by atoms with Crippen molar-refractivity contribution in [3.8, 4) is 5.75 Å². The van der Waals surface area contributed by atoms with E-state index in [9.17, 15) is 15.0 Å². The molecule has 5 nitrogen and oxygen atoms in total. The highest BCUT2D eigenvalue weighted by Crippen LogP contribution is 2.40. The summed E-state index contributed by atoms with van der Waals surface area (Å²) in [5.74, 6) is -0.247. The van der Waals surface area contributed by atoms with Crippen LogP contribution < -0.4 is 5.32 Å². The number of aromatic hydroxyl groups is 1. The summed E-state index contributed by atoms with van der Waals surface area (Å²) >= 11 is 1.45. The third-order valence-electron chi connectivity index (χ3n) is 4.98. The average molecular weight is 401 g/mol. The molecule has 2 atom stereocenters. The Hall–Kier alpha value is -2.21. The minimum absolute atomic E-state index is 0.0420. The summed E-state index contributed by atoms with van der Waals surface area (Å²) in [5, 5.41) is 25.6. The second-order valence-corrected chi connectivity index (χ2v) is 10.4. The van der Waals surface area contributed by atoms with Crippen LogP contribution in [0.15, 0.2) is 39.9 Å². The van der Waals surface area contributed by atoms with E-state index in [1.807, 2.05) is 38.3 Å². The first-order valence-corrected chi connectivity index (χ1v) is 10.3. The van der Waals surface area contributed by atoms with Crippen molar-refractivity contribution in [3.05, 3.63) is 46.1 Å². The molecule has 3 rings (SSSR count). The van der Waals surface area contributed by atoms with E-state index in [0.29, 0.717) is 5.69 Å². The number of aliphatic hydroxyl groups excluding tert-OH is 1. The molecule has 150 valence electrons. The number of carbonyl (C=O) groups excluding carboxylic acids is 1. The highest BCUT2D eigenvalue weighted by Gasteiger charge is 2.34. The van der Waals surface area contributed by atoms with Gasteiger partial charge in [-0.05, 0) is 33.4 Å². The Kier molecular flexibility index (Phi) is 5.13. The van der Waals surface area contributed by atoms with E-state index in [1.165, 1.54) is 18.0 Å². The van der Waals surface area contributed by atoms with Gasteiger partial charge in [-0.3, -0.25) is 9.79 Å². The number of carbonyl (C=O) groups is 1. The second-order valence-electron chi connectivity index (χ2n) is 9.32. The van der Waals surface area contributed by atoms with Crippen molar-refractivity contribution in [3.63, 3.8) is 0 Å². The lowest BCUT2D eigenvalue weighted by Gasteiger charge is -2.28. The van der Waals surface area contributed by atoms with Crippen LogP contribution in [0.25, 0.3) is 0 Å². The van der Waals surface area contributed by atoms with Gasteiger partial charge in [0.15, 0.2) is 0 Å². The normalized spacial score (nSPS) is 21.8. The molecule has 0 radical (unpaired) electrons. The van der Waals surface area contributed by atoms with E-state index in [2.05, 4.69) is 31.1 Å². The van der Waals surface area contributed by atoms with Crippen molar-refractivity contribution in [2.45, 2.75) is 63.7 Å². The van der Waals surface area contributed by atoms with Crippen LogP contribution in [0, 0.1) is 0 Å². The largest absolute Gasteiger partial charge is 0.510 e. The van der Waals surface area contributed by atoms with Crippen molar-refractivity contribution in [1.29, 1.82) is 0 Å². The quantitative estimate of drug-likeness (QED) is 0.665. The van der Waals surface area contributed by atoms with E-state index >= 15 is 0 Å². The summed E-state index contributed by atoms with van der Waals surface area (Å²) in [7, 11) is 0. The van der Waals surface area contributed by atoms with Gasteiger partial charge in [0.2, 0.25) is 0 Å². The Morgan fingerprint density at radius 1 is 1.07 bits per heavy atom. The first-order chi connectivity index (χ1) is 12.9. The van der Waals surface area contributed by atoms with Crippen molar-refractivity contribution in [2.24, 2.45) is 4.99 Å². The zero-order chi connectivity index (χ0) is 20.9. The van der Waals surface area contributed by atoms with Crippen LogP contribution in [0.4, 0.5) is 5.69 Å². The fraction of sp³-hybridized carbons (Fsp3) is 0.455. The molecule has 3 N–H and O–H groups in total. The Labute approximate surface area is 170 Å². The molecule has 1 aromatic carbocycles. The lowest BCUT2D eigenvalue weighted by Crippen LogP contribution is -2.29. The molecule has 28 heavy (non-hydrogen) atoms. The van der Waals surface area contributed by atoms with Crippen molar-refractivity contribution < 1.29 is 15.0 Å². The molecule has 1 amide bonds. The number of aliphatic hydroxyl groups is 1. The maximum absolute atomic E-state index is 12.9. The summed E-state index contributed by atoms with van der Waals surface area (Å²) in [6.07, 6.45) is 3.35. The number of dihydropyridines is 1. The lowest BCUT2D eigenvalue weighted by atomic mass is 9.79. The molecule has 0 aromatic heterocycles. The number of nitrogens with zero attached hydrogens (tertiary/aromatic N) is 1. The maximum atomic E-state index is 12.9. The number of benzene rings is 1. The van der Waals surface area contributed by atoms with Gasteiger partial charge in [-0.1, -0.05) is 47.6 Å².